The molecular weight excluding hydrogens is 392 g/mol. The second kappa shape index (κ2) is 10.9. The molecule has 0 spiro atoms. The molecule has 0 atom stereocenters. The zero-order valence-corrected chi connectivity index (χ0v) is 18.1. The summed E-state index contributed by atoms with van der Waals surface area (Å²) in [6.45, 7) is 7.78. The van der Waals surface area contributed by atoms with Gasteiger partial charge >= 0.3 is 0 Å². The Labute approximate surface area is 177 Å². The third-order valence-corrected chi connectivity index (χ3v) is 4.38. The summed E-state index contributed by atoms with van der Waals surface area (Å²) in [5.41, 5.74) is 3.49. The Morgan fingerprint density at radius 1 is 0.929 bits per heavy atom. The van der Waals surface area contributed by atoms with Crippen molar-refractivity contribution < 1.29 is 4.79 Å². The van der Waals surface area contributed by atoms with E-state index < -0.39 is 0 Å². The lowest BCUT2D eigenvalue weighted by Gasteiger charge is -2.25. The third-order valence-electron chi connectivity index (χ3n) is 3.96. The van der Waals surface area contributed by atoms with E-state index >= 15 is 0 Å². The van der Waals surface area contributed by atoms with Gasteiger partial charge in [-0.2, -0.15) is 0 Å². The second-order valence-electron chi connectivity index (χ2n) is 6.52. The first-order valence-corrected chi connectivity index (χ1v) is 10.2. The number of rotatable bonds is 8. The van der Waals surface area contributed by atoms with E-state index in [0.29, 0.717) is 10.1 Å². The van der Waals surface area contributed by atoms with Crippen LogP contribution in [0.2, 0.25) is 5.02 Å². The first-order valence-electron chi connectivity index (χ1n) is 9.42. The van der Waals surface area contributed by atoms with Crippen molar-refractivity contribution in [2.45, 2.75) is 33.6 Å². The molecule has 0 aliphatic carbocycles. The molecule has 1 amide bonds. The SMILES string of the molecule is CCCN(CCC)c1cc(Cl)cc(NC(=S)Nc2ccc(NC(C)=O)cc2)c1. The maximum atomic E-state index is 11.1. The minimum Gasteiger partial charge on any atom is -0.371 e. The molecule has 150 valence electrons. The predicted molar refractivity (Wildman–Crippen MR) is 125 cm³/mol. The van der Waals surface area contributed by atoms with Gasteiger partial charge in [0.05, 0.1) is 0 Å². The molecule has 0 bridgehead atoms. The molecule has 0 saturated carbocycles. The van der Waals surface area contributed by atoms with Gasteiger partial charge in [0.15, 0.2) is 5.11 Å². The summed E-state index contributed by atoms with van der Waals surface area (Å²) in [7, 11) is 0. The van der Waals surface area contributed by atoms with Crippen molar-refractivity contribution in [1.82, 2.24) is 0 Å². The molecule has 0 heterocycles. The largest absolute Gasteiger partial charge is 0.371 e. The molecule has 7 heteroatoms. The molecule has 0 radical (unpaired) electrons. The molecule has 0 saturated heterocycles. The van der Waals surface area contributed by atoms with Crippen molar-refractivity contribution >= 4 is 57.6 Å². The summed E-state index contributed by atoms with van der Waals surface area (Å²) in [5, 5.41) is 10.2. The highest BCUT2D eigenvalue weighted by atomic mass is 35.5. The summed E-state index contributed by atoms with van der Waals surface area (Å²) in [4.78, 5) is 13.4. The normalized spacial score (nSPS) is 10.3. The van der Waals surface area contributed by atoms with Crippen LogP contribution >= 0.6 is 23.8 Å². The van der Waals surface area contributed by atoms with Gasteiger partial charge in [0.25, 0.3) is 0 Å². The monoisotopic (exact) mass is 418 g/mol. The Morgan fingerprint density at radius 2 is 1.46 bits per heavy atom. The van der Waals surface area contributed by atoms with Crippen LogP contribution in [0.4, 0.5) is 22.7 Å². The Hall–Kier alpha value is -2.31. The van der Waals surface area contributed by atoms with Crippen LogP contribution < -0.4 is 20.9 Å². The molecule has 0 fully saturated rings. The number of hydrogen-bond acceptors (Lipinski definition) is 3. The van der Waals surface area contributed by atoms with Crippen LogP contribution in [0.5, 0.6) is 0 Å². The van der Waals surface area contributed by atoms with Gasteiger partial charge in [0.1, 0.15) is 0 Å². The van der Waals surface area contributed by atoms with E-state index in [-0.39, 0.29) is 5.91 Å². The number of carbonyl (C=O) groups excluding carboxylic acids is 1. The minimum absolute atomic E-state index is 0.102. The van der Waals surface area contributed by atoms with E-state index in [1.807, 2.05) is 36.4 Å². The maximum absolute atomic E-state index is 11.1. The number of carbonyl (C=O) groups is 1. The zero-order valence-electron chi connectivity index (χ0n) is 16.5. The van der Waals surface area contributed by atoms with E-state index in [1.54, 1.807) is 0 Å². The number of halogens is 1. The average molecular weight is 419 g/mol. The van der Waals surface area contributed by atoms with Gasteiger partial charge < -0.3 is 20.9 Å². The molecule has 5 nitrogen and oxygen atoms in total. The van der Waals surface area contributed by atoms with E-state index in [0.717, 1.165) is 48.7 Å². The molecule has 2 aromatic rings. The standard InChI is InChI=1S/C21H27ClN4OS/c1-4-10-26(11-5-2)20-13-16(22)12-19(14-20)25-21(28)24-18-8-6-17(7-9-18)23-15(3)27/h6-9,12-14H,4-5,10-11H2,1-3H3,(H,23,27)(H2,24,25,28). The van der Waals surface area contributed by atoms with Crippen LogP contribution in [0, 0.1) is 0 Å². The van der Waals surface area contributed by atoms with E-state index in [9.17, 15) is 4.79 Å². The maximum Gasteiger partial charge on any atom is 0.221 e. The fourth-order valence-electron chi connectivity index (χ4n) is 2.87. The zero-order chi connectivity index (χ0) is 20.5. The van der Waals surface area contributed by atoms with Crippen LogP contribution in [0.3, 0.4) is 0 Å². The number of nitrogens with zero attached hydrogens (tertiary/aromatic N) is 1. The number of anilines is 4. The van der Waals surface area contributed by atoms with Crippen LogP contribution in [0.1, 0.15) is 33.6 Å². The lowest BCUT2D eigenvalue weighted by Crippen LogP contribution is -2.25. The molecule has 0 aliphatic heterocycles. The number of benzene rings is 2. The van der Waals surface area contributed by atoms with Gasteiger partial charge in [-0.15, -0.1) is 0 Å². The number of nitrogens with one attached hydrogen (secondary N) is 3. The molecule has 2 aromatic carbocycles. The highest BCUT2D eigenvalue weighted by Gasteiger charge is 2.08. The van der Waals surface area contributed by atoms with Crippen molar-refractivity contribution in [2.24, 2.45) is 0 Å². The lowest BCUT2D eigenvalue weighted by molar-refractivity contribution is -0.114. The minimum atomic E-state index is -0.102. The molecule has 2 rings (SSSR count). The van der Waals surface area contributed by atoms with Crippen molar-refractivity contribution in [2.75, 3.05) is 33.9 Å². The smallest absolute Gasteiger partial charge is 0.221 e. The Morgan fingerprint density at radius 3 is 2.00 bits per heavy atom. The Bertz CT molecular complexity index is 805. The van der Waals surface area contributed by atoms with Crippen LogP contribution in [0.15, 0.2) is 42.5 Å². The summed E-state index contributed by atoms with van der Waals surface area (Å²) < 4.78 is 0. The molecule has 3 N–H and O–H groups in total. The topological polar surface area (TPSA) is 56.4 Å². The van der Waals surface area contributed by atoms with Crippen LogP contribution in [-0.4, -0.2) is 24.1 Å². The van der Waals surface area contributed by atoms with Crippen molar-refractivity contribution in [3.05, 3.63) is 47.5 Å². The third kappa shape index (κ3) is 7.02. The second-order valence-corrected chi connectivity index (χ2v) is 7.37. The lowest BCUT2D eigenvalue weighted by atomic mass is 10.2. The molecule has 28 heavy (non-hydrogen) atoms. The number of hydrogen-bond donors (Lipinski definition) is 3. The Balaban J connectivity index is 2.05. The quantitative estimate of drug-likeness (QED) is 0.477. The molecule has 0 aromatic heterocycles. The number of thiocarbonyl (C=S) groups is 1. The van der Waals surface area contributed by atoms with E-state index in [2.05, 4.69) is 40.8 Å². The average Bonchev–Trinajstić information content (AvgIpc) is 2.62. The van der Waals surface area contributed by atoms with Crippen molar-refractivity contribution in [3.8, 4) is 0 Å². The Kier molecular flexibility index (Phi) is 8.54. The van der Waals surface area contributed by atoms with Gasteiger partial charge in [0.2, 0.25) is 5.91 Å². The van der Waals surface area contributed by atoms with Crippen LogP contribution in [-0.2, 0) is 4.79 Å². The van der Waals surface area contributed by atoms with Gasteiger partial charge in [0, 0.05) is 47.8 Å². The van der Waals surface area contributed by atoms with E-state index in [1.165, 1.54) is 6.92 Å². The number of amides is 1. The summed E-state index contributed by atoms with van der Waals surface area (Å²) in [6, 6.07) is 13.2. The molecule has 0 unspecified atom stereocenters. The highest BCUT2D eigenvalue weighted by Crippen LogP contribution is 2.26. The summed E-state index contributed by atoms with van der Waals surface area (Å²) in [5.74, 6) is -0.102. The summed E-state index contributed by atoms with van der Waals surface area (Å²) >= 11 is 11.8. The van der Waals surface area contributed by atoms with E-state index in [4.69, 9.17) is 23.8 Å². The summed E-state index contributed by atoms with van der Waals surface area (Å²) in [6.07, 6.45) is 2.15. The van der Waals surface area contributed by atoms with Crippen molar-refractivity contribution in [1.29, 1.82) is 0 Å². The fraction of sp³-hybridized carbons (Fsp3) is 0.333. The molecular formula is C21H27ClN4OS. The highest BCUT2D eigenvalue weighted by molar-refractivity contribution is 7.80. The van der Waals surface area contributed by atoms with Gasteiger partial charge in [-0.25, -0.2) is 0 Å². The van der Waals surface area contributed by atoms with Gasteiger partial charge in [-0.1, -0.05) is 25.4 Å². The predicted octanol–water partition coefficient (Wildman–Crippen LogP) is 5.73. The molecule has 0 aliphatic rings. The van der Waals surface area contributed by atoms with Gasteiger partial charge in [-0.05, 0) is 67.5 Å². The fourth-order valence-corrected chi connectivity index (χ4v) is 3.34. The first kappa shape index (κ1) is 22.0. The van der Waals surface area contributed by atoms with Gasteiger partial charge in [-0.3, -0.25) is 4.79 Å². The first-order chi connectivity index (χ1) is 13.4. The van der Waals surface area contributed by atoms with Crippen molar-refractivity contribution in [3.63, 3.8) is 0 Å². The van der Waals surface area contributed by atoms with Crippen LogP contribution in [0.25, 0.3) is 0 Å².